The molecule has 7 heteroatoms. The maximum atomic E-state index is 12.6. The van der Waals surface area contributed by atoms with Crippen molar-refractivity contribution in [2.45, 2.75) is 24.8 Å². The Labute approximate surface area is 173 Å². The molecule has 0 aliphatic carbocycles. The van der Waals surface area contributed by atoms with Crippen molar-refractivity contribution in [1.29, 1.82) is 0 Å². The lowest BCUT2D eigenvalue weighted by molar-refractivity contribution is -0.117. The Hall–Kier alpha value is -2.09. The third-order valence-corrected chi connectivity index (χ3v) is 6.03. The van der Waals surface area contributed by atoms with Gasteiger partial charge in [-0.1, -0.05) is 23.5 Å². The number of nitrogens with zero attached hydrogens (tertiary/aromatic N) is 2. The third kappa shape index (κ3) is 5.04. The second-order valence-electron chi connectivity index (χ2n) is 6.10. The van der Waals surface area contributed by atoms with Gasteiger partial charge in [0.15, 0.2) is 4.80 Å². The second kappa shape index (κ2) is 9.91. The first kappa shape index (κ1) is 20.6. The van der Waals surface area contributed by atoms with Crippen LogP contribution >= 0.6 is 23.1 Å². The smallest absolute Gasteiger partial charge is 0.252 e. The molecule has 0 aliphatic rings. The molecule has 0 saturated heterocycles. The molecule has 1 amide bonds. The van der Waals surface area contributed by atoms with Crippen LogP contribution in [0.4, 0.5) is 0 Å². The topological polar surface area (TPSA) is 52.8 Å². The number of carbonyl (C=O) groups is 1. The van der Waals surface area contributed by atoms with Gasteiger partial charge >= 0.3 is 0 Å². The van der Waals surface area contributed by atoms with Gasteiger partial charge in [-0.05, 0) is 49.1 Å². The summed E-state index contributed by atoms with van der Waals surface area (Å²) in [5.74, 6) is 0.568. The van der Waals surface area contributed by atoms with E-state index in [2.05, 4.69) is 34.0 Å². The van der Waals surface area contributed by atoms with Crippen LogP contribution in [0.3, 0.4) is 0 Å². The highest BCUT2D eigenvalue weighted by atomic mass is 32.2. The minimum absolute atomic E-state index is 0.171. The molecule has 0 aliphatic heterocycles. The molecule has 0 saturated carbocycles. The summed E-state index contributed by atoms with van der Waals surface area (Å²) < 4.78 is 13.9. The summed E-state index contributed by atoms with van der Waals surface area (Å²) in [6, 6.07) is 13.9. The lowest BCUT2D eigenvalue weighted by Crippen LogP contribution is -2.20. The zero-order chi connectivity index (χ0) is 19.9. The Morgan fingerprint density at radius 1 is 1.25 bits per heavy atom. The second-order valence-corrected chi connectivity index (χ2v) is 7.99. The number of ether oxygens (including phenoxy) is 2. The zero-order valence-electron chi connectivity index (χ0n) is 16.3. The lowest BCUT2D eigenvalue weighted by atomic mass is 10.1. The number of thiazole rings is 1. The molecule has 3 rings (SSSR count). The molecular formula is C21H24N2O3S2. The Bertz CT molecular complexity index is 1020. The van der Waals surface area contributed by atoms with Gasteiger partial charge in [0.2, 0.25) is 0 Å². The van der Waals surface area contributed by atoms with Crippen LogP contribution in [-0.2, 0) is 22.5 Å². The van der Waals surface area contributed by atoms with Crippen molar-refractivity contribution in [2.75, 3.05) is 26.6 Å². The van der Waals surface area contributed by atoms with Crippen LogP contribution in [0, 0.1) is 0 Å². The van der Waals surface area contributed by atoms with Crippen molar-refractivity contribution >= 4 is 39.2 Å². The molecule has 0 atom stereocenters. The number of aromatic nitrogens is 1. The molecule has 1 aromatic heterocycles. The maximum Gasteiger partial charge on any atom is 0.252 e. The number of fused-ring (bicyclic) bond motifs is 1. The first-order valence-electron chi connectivity index (χ1n) is 9.10. The van der Waals surface area contributed by atoms with E-state index in [1.807, 2.05) is 31.2 Å². The number of carbonyl (C=O) groups excluding carboxylic acids is 1. The minimum atomic E-state index is -0.171. The number of hydrogen-bond acceptors (Lipinski definition) is 5. The van der Waals surface area contributed by atoms with E-state index in [1.165, 1.54) is 16.2 Å². The van der Waals surface area contributed by atoms with Crippen molar-refractivity contribution in [1.82, 2.24) is 4.57 Å². The number of methoxy groups -OCH3 is 1. The fourth-order valence-corrected chi connectivity index (χ4v) is 4.51. The fraction of sp³-hybridized carbons (Fsp3) is 0.333. The molecule has 5 nitrogen and oxygen atoms in total. The fourth-order valence-electron chi connectivity index (χ4n) is 2.89. The van der Waals surface area contributed by atoms with Crippen LogP contribution in [0.2, 0.25) is 0 Å². The van der Waals surface area contributed by atoms with Gasteiger partial charge in [0.1, 0.15) is 5.75 Å². The van der Waals surface area contributed by atoms with Gasteiger partial charge in [0.05, 0.1) is 30.4 Å². The molecule has 1 heterocycles. The van der Waals surface area contributed by atoms with Crippen LogP contribution in [0.1, 0.15) is 12.5 Å². The third-order valence-electron chi connectivity index (χ3n) is 4.26. The number of rotatable bonds is 8. The van der Waals surface area contributed by atoms with E-state index in [9.17, 15) is 4.79 Å². The molecular weight excluding hydrogens is 392 g/mol. The van der Waals surface area contributed by atoms with E-state index in [-0.39, 0.29) is 12.3 Å². The van der Waals surface area contributed by atoms with Gasteiger partial charge in [-0.25, -0.2) is 0 Å². The van der Waals surface area contributed by atoms with Crippen molar-refractivity contribution in [3.8, 4) is 5.75 Å². The van der Waals surface area contributed by atoms with Crippen LogP contribution in [-0.4, -0.2) is 37.1 Å². The van der Waals surface area contributed by atoms with Gasteiger partial charge < -0.3 is 14.0 Å². The average molecular weight is 417 g/mol. The van der Waals surface area contributed by atoms with Crippen LogP contribution in [0.5, 0.6) is 5.75 Å². The Morgan fingerprint density at radius 2 is 2.11 bits per heavy atom. The molecule has 0 N–H and O–H groups in total. The molecule has 2 aromatic carbocycles. The van der Waals surface area contributed by atoms with Gasteiger partial charge in [0, 0.05) is 18.0 Å². The SMILES string of the molecule is CCOCCn1c(=NC(=O)Cc2cccc(OC)c2)sc2cc(SC)ccc21. The van der Waals surface area contributed by atoms with E-state index in [0.717, 1.165) is 21.5 Å². The van der Waals surface area contributed by atoms with Crippen molar-refractivity contribution in [3.05, 3.63) is 52.8 Å². The zero-order valence-corrected chi connectivity index (χ0v) is 17.9. The van der Waals surface area contributed by atoms with Gasteiger partial charge in [0.25, 0.3) is 5.91 Å². The van der Waals surface area contributed by atoms with Gasteiger partial charge in [-0.3, -0.25) is 4.79 Å². The monoisotopic (exact) mass is 416 g/mol. The largest absolute Gasteiger partial charge is 0.497 e. The van der Waals surface area contributed by atoms with Crippen LogP contribution in [0.25, 0.3) is 10.2 Å². The predicted molar refractivity (Wildman–Crippen MR) is 115 cm³/mol. The minimum Gasteiger partial charge on any atom is -0.497 e. The summed E-state index contributed by atoms with van der Waals surface area (Å²) in [5.41, 5.74) is 1.97. The summed E-state index contributed by atoms with van der Waals surface area (Å²) in [4.78, 5) is 18.9. The number of hydrogen-bond donors (Lipinski definition) is 0. The molecule has 0 bridgehead atoms. The molecule has 0 spiro atoms. The highest BCUT2D eigenvalue weighted by molar-refractivity contribution is 7.98. The molecule has 3 aromatic rings. The molecule has 0 radical (unpaired) electrons. The standard InChI is InChI=1S/C21H24N2O3S2/c1-4-26-11-10-23-18-9-8-17(27-3)14-19(18)28-21(23)22-20(24)13-15-6-5-7-16(12-15)25-2/h5-9,12,14H,4,10-11,13H2,1-3H3. The Balaban J connectivity index is 1.94. The van der Waals surface area contributed by atoms with Crippen molar-refractivity contribution in [2.24, 2.45) is 4.99 Å². The van der Waals surface area contributed by atoms with Crippen LogP contribution < -0.4 is 9.54 Å². The van der Waals surface area contributed by atoms with Gasteiger partial charge in [-0.15, -0.1) is 11.8 Å². The summed E-state index contributed by atoms with van der Waals surface area (Å²) >= 11 is 3.24. The molecule has 0 unspecified atom stereocenters. The Kier molecular flexibility index (Phi) is 7.30. The number of thioether (sulfide) groups is 1. The van der Waals surface area contributed by atoms with E-state index >= 15 is 0 Å². The number of amides is 1. The number of benzene rings is 2. The van der Waals surface area contributed by atoms with Crippen molar-refractivity contribution in [3.63, 3.8) is 0 Å². The highest BCUT2D eigenvalue weighted by Crippen LogP contribution is 2.24. The quantitative estimate of drug-likeness (QED) is 0.409. The summed E-state index contributed by atoms with van der Waals surface area (Å²) in [6.07, 6.45) is 2.30. The average Bonchev–Trinajstić information content (AvgIpc) is 3.04. The Morgan fingerprint density at radius 3 is 2.86 bits per heavy atom. The summed E-state index contributed by atoms with van der Waals surface area (Å²) in [7, 11) is 1.62. The summed E-state index contributed by atoms with van der Waals surface area (Å²) in [6.45, 7) is 3.90. The van der Waals surface area contributed by atoms with Crippen molar-refractivity contribution < 1.29 is 14.3 Å². The van der Waals surface area contributed by atoms with Gasteiger partial charge in [-0.2, -0.15) is 4.99 Å². The van der Waals surface area contributed by atoms with E-state index in [1.54, 1.807) is 18.9 Å². The first-order valence-corrected chi connectivity index (χ1v) is 11.1. The van der Waals surface area contributed by atoms with E-state index < -0.39 is 0 Å². The highest BCUT2D eigenvalue weighted by Gasteiger charge is 2.10. The van der Waals surface area contributed by atoms with Crippen LogP contribution in [0.15, 0.2) is 52.4 Å². The normalized spacial score (nSPS) is 11.9. The lowest BCUT2D eigenvalue weighted by Gasteiger charge is -2.06. The first-order chi connectivity index (χ1) is 13.6. The van der Waals surface area contributed by atoms with E-state index in [4.69, 9.17) is 9.47 Å². The maximum absolute atomic E-state index is 12.6. The molecule has 0 fully saturated rings. The summed E-state index contributed by atoms with van der Waals surface area (Å²) in [5, 5.41) is 0. The molecule has 148 valence electrons. The molecule has 28 heavy (non-hydrogen) atoms. The predicted octanol–water partition coefficient (Wildman–Crippen LogP) is 4.14. The van der Waals surface area contributed by atoms with E-state index in [0.29, 0.717) is 24.6 Å².